The standard InChI is InChI=1S/C17H19F/c1-6-7-8-13(4)14(5)16-10-9-15(12(2)3)11-17(16)18/h6-11H,1-2H2,3-5H3/b8-7-,14-13+. The molecule has 0 aromatic heterocycles. The van der Waals surface area contributed by atoms with E-state index in [9.17, 15) is 4.39 Å². The van der Waals surface area contributed by atoms with E-state index in [-0.39, 0.29) is 5.82 Å². The molecule has 1 heteroatoms. The third-order valence-electron chi connectivity index (χ3n) is 2.94. The van der Waals surface area contributed by atoms with Crippen LogP contribution in [0.2, 0.25) is 0 Å². The van der Waals surface area contributed by atoms with Crippen LogP contribution in [-0.2, 0) is 0 Å². The first kappa shape index (κ1) is 14.2. The lowest BCUT2D eigenvalue weighted by molar-refractivity contribution is 0.623. The minimum Gasteiger partial charge on any atom is -0.206 e. The van der Waals surface area contributed by atoms with Gasteiger partial charge in [-0.2, -0.15) is 0 Å². The Bertz CT molecular complexity index is 531. The predicted molar refractivity (Wildman–Crippen MR) is 78.7 cm³/mol. The third kappa shape index (κ3) is 3.30. The van der Waals surface area contributed by atoms with Crippen LogP contribution in [0.1, 0.15) is 31.9 Å². The zero-order chi connectivity index (χ0) is 13.7. The number of benzene rings is 1. The van der Waals surface area contributed by atoms with Gasteiger partial charge in [0.05, 0.1) is 0 Å². The van der Waals surface area contributed by atoms with Crippen molar-refractivity contribution in [2.75, 3.05) is 0 Å². The SMILES string of the molecule is C=C/C=C\C(C)=C(/C)c1ccc(C(=C)C)cc1F. The van der Waals surface area contributed by atoms with Gasteiger partial charge in [0, 0.05) is 5.56 Å². The lowest BCUT2D eigenvalue weighted by Crippen LogP contribution is -1.91. The summed E-state index contributed by atoms with van der Waals surface area (Å²) in [5, 5.41) is 0. The molecule has 0 saturated carbocycles. The molecule has 0 aliphatic rings. The Balaban J connectivity index is 3.22. The maximum atomic E-state index is 14.0. The van der Waals surface area contributed by atoms with Gasteiger partial charge < -0.3 is 0 Å². The molecule has 0 aliphatic heterocycles. The Labute approximate surface area is 109 Å². The highest BCUT2D eigenvalue weighted by Gasteiger charge is 2.07. The highest BCUT2D eigenvalue weighted by atomic mass is 19.1. The van der Waals surface area contributed by atoms with Crippen LogP contribution >= 0.6 is 0 Å². The van der Waals surface area contributed by atoms with Crippen molar-refractivity contribution in [1.29, 1.82) is 0 Å². The summed E-state index contributed by atoms with van der Waals surface area (Å²) in [6, 6.07) is 5.24. The van der Waals surface area contributed by atoms with Crippen molar-refractivity contribution in [1.82, 2.24) is 0 Å². The van der Waals surface area contributed by atoms with Crippen LogP contribution in [0, 0.1) is 5.82 Å². The first-order chi connectivity index (χ1) is 8.47. The minimum absolute atomic E-state index is 0.209. The van der Waals surface area contributed by atoms with Crippen molar-refractivity contribution >= 4 is 11.1 Å². The molecule has 0 heterocycles. The van der Waals surface area contributed by atoms with E-state index in [1.165, 1.54) is 6.07 Å². The summed E-state index contributed by atoms with van der Waals surface area (Å²) in [5.74, 6) is -0.209. The molecule has 0 unspecified atom stereocenters. The summed E-state index contributed by atoms with van der Waals surface area (Å²) in [7, 11) is 0. The van der Waals surface area contributed by atoms with Crippen LogP contribution in [-0.4, -0.2) is 0 Å². The summed E-state index contributed by atoms with van der Waals surface area (Å²) >= 11 is 0. The molecule has 18 heavy (non-hydrogen) atoms. The van der Waals surface area contributed by atoms with Gasteiger partial charge in [-0.1, -0.05) is 49.1 Å². The van der Waals surface area contributed by atoms with Crippen LogP contribution in [0.5, 0.6) is 0 Å². The number of rotatable bonds is 4. The molecule has 0 spiro atoms. The topological polar surface area (TPSA) is 0 Å². The van der Waals surface area contributed by atoms with Gasteiger partial charge in [0.1, 0.15) is 5.82 Å². The monoisotopic (exact) mass is 242 g/mol. The van der Waals surface area contributed by atoms with E-state index in [2.05, 4.69) is 13.2 Å². The van der Waals surface area contributed by atoms with Gasteiger partial charge in [-0.05, 0) is 43.5 Å². The molecule has 0 nitrogen and oxygen atoms in total. The van der Waals surface area contributed by atoms with Crippen molar-refractivity contribution in [3.05, 3.63) is 72.1 Å². The second-order valence-electron chi connectivity index (χ2n) is 4.38. The first-order valence-electron chi connectivity index (χ1n) is 5.89. The maximum Gasteiger partial charge on any atom is 0.131 e. The highest BCUT2D eigenvalue weighted by Crippen LogP contribution is 2.24. The fourth-order valence-corrected chi connectivity index (χ4v) is 1.63. The summed E-state index contributed by atoms with van der Waals surface area (Å²) in [6.07, 6.45) is 5.48. The number of hydrogen-bond acceptors (Lipinski definition) is 0. The Morgan fingerprint density at radius 2 is 1.89 bits per heavy atom. The largest absolute Gasteiger partial charge is 0.206 e. The van der Waals surface area contributed by atoms with E-state index in [1.807, 2.05) is 39.0 Å². The Morgan fingerprint density at radius 3 is 2.39 bits per heavy atom. The average molecular weight is 242 g/mol. The zero-order valence-electron chi connectivity index (χ0n) is 11.3. The van der Waals surface area contributed by atoms with E-state index < -0.39 is 0 Å². The van der Waals surface area contributed by atoms with Crippen molar-refractivity contribution in [3.8, 4) is 0 Å². The number of hydrogen-bond donors (Lipinski definition) is 0. The third-order valence-corrected chi connectivity index (χ3v) is 2.94. The smallest absolute Gasteiger partial charge is 0.131 e. The van der Waals surface area contributed by atoms with Crippen LogP contribution in [0.15, 0.2) is 55.2 Å². The lowest BCUT2D eigenvalue weighted by atomic mass is 9.98. The van der Waals surface area contributed by atoms with Gasteiger partial charge >= 0.3 is 0 Å². The molecule has 0 bridgehead atoms. The van der Waals surface area contributed by atoms with Crippen LogP contribution < -0.4 is 0 Å². The van der Waals surface area contributed by atoms with E-state index >= 15 is 0 Å². The second-order valence-corrected chi connectivity index (χ2v) is 4.38. The van der Waals surface area contributed by atoms with E-state index in [4.69, 9.17) is 0 Å². The minimum atomic E-state index is -0.209. The summed E-state index contributed by atoms with van der Waals surface area (Å²) in [5.41, 5.74) is 4.29. The molecule has 94 valence electrons. The molecular weight excluding hydrogens is 223 g/mol. The lowest BCUT2D eigenvalue weighted by Gasteiger charge is -2.08. The molecule has 1 aromatic carbocycles. The van der Waals surface area contributed by atoms with Crippen molar-refractivity contribution in [2.45, 2.75) is 20.8 Å². The van der Waals surface area contributed by atoms with Gasteiger partial charge in [-0.3, -0.25) is 0 Å². The molecule has 0 fully saturated rings. The number of halogens is 1. The molecule has 0 N–H and O–H groups in total. The zero-order valence-corrected chi connectivity index (χ0v) is 11.3. The second kappa shape index (κ2) is 6.15. The molecule has 0 radical (unpaired) electrons. The van der Waals surface area contributed by atoms with Crippen LogP contribution in [0.25, 0.3) is 11.1 Å². The molecule has 1 aromatic rings. The van der Waals surface area contributed by atoms with Gasteiger partial charge in [0.25, 0.3) is 0 Å². The molecule has 0 atom stereocenters. The molecule has 0 aliphatic carbocycles. The predicted octanol–water partition coefficient (Wildman–Crippen LogP) is 5.39. The van der Waals surface area contributed by atoms with Crippen LogP contribution in [0.4, 0.5) is 4.39 Å². The van der Waals surface area contributed by atoms with Crippen molar-refractivity contribution in [3.63, 3.8) is 0 Å². The van der Waals surface area contributed by atoms with Crippen molar-refractivity contribution < 1.29 is 4.39 Å². The molecule has 1 rings (SSSR count). The Kier molecular flexibility index (Phi) is 4.85. The molecular formula is C17H19F. The Morgan fingerprint density at radius 1 is 1.22 bits per heavy atom. The fraction of sp³-hybridized carbons (Fsp3) is 0.176. The van der Waals surface area contributed by atoms with E-state index in [1.54, 1.807) is 12.1 Å². The van der Waals surface area contributed by atoms with Crippen LogP contribution in [0.3, 0.4) is 0 Å². The van der Waals surface area contributed by atoms with E-state index in [0.29, 0.717) is 5.56 Å². The highest BCUT2D eigenvalue weighted by molar-refractivity contribution is 5.71. The molecule has 0 saturated heterocycles. The molecule has 0 amide bonds. The van der Waals surface area contributed by atoms with Crippen molar-refractivity contribution in [2.24, 2.45) is 0 Å². The van der Waals surface area contributed by atoms with Gasteiger partial charge in [0.2, 0.25) is 0 Å². The average Bonchev–Trinajstić information content (AvgIpc) is 2.34. The van der Waals surface area contributed by atoms with Gasteiger partial charge in [-0.25, -0.2) is 4.39 Å². The Hall–Kier alpha value is -1.89. The van der Waals surface area contributed by atoms with Gasteiger partial charge in [-0.15, -0.1) is 0 Å². The number of allylic oxidation sites excluding steroid dienone is 6. The quantitative estimate of drug-likeness (QED) is 0.620. The first-order valence-corrected chi connectivity index (χ1v) is 5.89. The summed E-state index contributed by atoms with van der Waals surface area (Å²) < 4.78 is 14.0. The fourth-order valence-electron chi connectivity index (χ4n) is 1.63. The summed E-state index contributed by atoms with van der Waals surface area (Å²) in [4.78, 5) is 0. The van der Waals surface area contributed by atoms with Gasteiger partial charge in [0.15, 0.2) is 0 Å². The summed E-state index contributed by atoms with van der Waals surface area (Å²) in [6.45, 7) is 13.2. The maximum absolute atomic E-state index is 14.0. The normalized spacial score (nSPS) is 12.4. The van der Waals surface area contributed by atoms with E-state index in [0.717, 1.165) is 22.3 Å².